The number of nitro benzene ring substituents is 1. The summed E-state index contributed by atoms with van der Waals surface area (Å²) < 4.78 is 9.48. The van der Waals surface area contributed by atoms with E-state index in [9.17, 15) is 24.5 Å². The number of nitro groups is 1. The maximum atomic E-state index is 12.3. The van der Waals surface area contributed by atoms with Crippen molar-refractivity contribution in [2.24, 2.45) is 0 Å². The second kappa shape index (κ2) is 9.79. The van der Waals surface area contributed by atoms with Crippen molar-refractivity contribution < 1.29 is 28.8 Å². The first kappa shape index (κ1) is 22.6. The summed E-state index contributed by atoms with van der Waals surface area (Å²) in [5.41, 5.74) is 1.15. The predicted octanol–water partition coefficient (Wildman–Crippen LogP) is 3.61. The van der Waals surface area contributed by atoms with Crippen molar-refractivity contribution >= 4 is 40.6 Å². The summed E-state index contributed by atoms with van der Waals surface area (Å²) in [5.74, 6) is -2.46. The number of carbonyl (C=O) groups is 3. The predicted molar refractivity (Wildman–Crippen MR) is 116 cm³/mol. The Balaban J connectivity index is 1.66. The molecule has 0 atom stereocenters. The summed E-state index contributed by atoms with van der Waals surface area (Å²) in [6.07, 6.45) is 0. The van der Waals surface area contributed by atoms with Crippen molar-refractivity contribution in [3.8, 4) is 11.3 Å². The van der Waals surface area contributed by atoms with Crippen LogP contribution >= 0.6 is 11.3 Å². The van der Waals surface area contributed by atoms with Crippen LogP contribution in [-0.2, 0) is 14.3 Å². The highest BCUT2D eigenvalue weighted by Crippen LogP contribution is 2.24. The Labute approximate surface area is 186 Å². The highest BCUT2D eigenvalue weighted by atomic mass is 32.1. The van der Waals surface area contributed by atoms with Crippen molar-refractivity contribution in [1.82, 2.24) is 4.98 Å². The molecule has 3 rings (SSSR count). The molecule has 32 heavy (non-hydrogen) atoms. The fourth-order valence-corrected chi connectivity index (χ4v) is 3.36. The molecule has 0 aliphatic heterocycles. The molecule has 0 bridgehead atoms. The van der Waals surface area contributed by atoms with E-state index < -0.39 is 35.1 Å². The lowest BCUT2D eigenvalue weighted by Gasteiger charge is -2.08. The molecular formula is C21H17N3O7S. The van der Waals surface area contributed by atoms with Gasteiger partial charge in [0.2, 0.25) is 0 Å². The fraction of sp³-hybridized carbons (Fsp3) is 0.143. The first-order valence-corrected chi connectivity index (χ1v) is 10.0. The zero-order chi connectivity index (χ0) is 23.3. The molecule has 0 aliphatic carbocycles. The zero-order valence-electron chi connectivity index (χ0n) is 17.0. The second-order valence-corrected chi connectivity index (χ2v) is 7.54. The number of esters is 2. The van der Waals surface area contributed by atoms with Gasteiger partial charge in [0, 0.05) is 28.8 Å². The topological polar surface area (TPSA) is 138 Å². The van der Waals surface area contributed by atoms with Gasteiger partial charge in [-0.25, -0.2) is 14.6 Å². The Hall–Kier alpha value is -4.12. The van der Waals surface area contributed by atoms with Crippen LogP contribution < -0.4 is 5.32 Å². The van der Waals surface area contributed by atoms with Gasteiger partial charge in [-0.3, -0.25) is 14.9 Å². The van der Waals surface area contributed by atoms with Crippen LogP contribution in [0.4, 0.5) is 11.4 Å². The molecule has 0 saturated carbocycles. The second-order valence-electron chi connectivity index (χ2n) is 6.47. The summed E-state index contributed by atoms with van der Waals surface area (Å²) in [6, 6.07) is 10.0. The van der Waals surface area contributed by atoms with Gasteiger partial charge in [0.25, 0.3) is 11.6 Å². The molecule has 0 unspecified atom stereocenters. The molecule has 164 valence electrons. The van der Waals surface area contributed by atoms with E-state index in [1.807, 2.05) is 18.4 Å². The molecule has 3 aromatic rings. The van der Waals surface area contributed by atoms with E-state index in [4.69, 9.17) is 4.74 Å². The van der Waals surface area contributed by atoms with Crippen LogP contribution in [0.15, 0.2) is 47.8 Å². The first-order chi connectivity index (χ1) is 15.3. The minimum absolute atomic E-state index is 0.188. The maximum absolute atomic E-state index is 12.3. The Morgan fingerprint density at radius 1 is 1.12 bits per heavy atom. The molecule has 0 spiro atoms. The van der Waals surface area contributed by atoms with Crippen LogP contribution in [0.3, 0.4) is 0 Å². The molecule has 11 heteroatoms. The zero-order valence-corrected chi connectivity index (χ0v) is 17.8. The van der Waals surface area contributed by atoms with Gasteiger partial charge in [0.15, 0.2) is 6.61 Å². The lowest BCUT2D eigenvalue weighted by Crippen LogP contribution is -2.21. The van der Waals surface area contributed by atoms with Gasteiger partial charge in [-0.1, -0.05) is 12.1 Å². The van der Waals surface area contributed by atoms with Crippen LogP contribution in [0.5, 0.6) is 0 Å². The molecular weight excluding hydrogens is 438 g/mol. The number of non-ortho nitro benzene ring substituents is 1. The number of carbonyl (C=O) groups excluding carboxylic acids is 3. The molecule has 0 radical (unpaired) electrons. The summed E-state index contributed by atoms with van der Waals surface area (Å²) in [4.78, 5) is 50.9. The van der Waals surface area contributed by atoms with Gasteiger partial charge >= 0.3 is 11.9 Å². The number of hydrogen-bond donors (Lipinski definition) is 1. The van der Waals surface area contributed by atoms with Crippen molar-refractivity contribution in [2.75, 3.05) is 19.0 Å². The largest absolute Gasteiger partial charge is 0.465 e. The van der Waals surface area contributed by atoms with E-state index in [-0.39, 0.29) is 11.1 Å². The van der Waals surface area contributed by atoms with Crippen LogP contribution in [0.1, 0.15) is 25.7 Å². The molecule has 2 aromatic carbocycles. The lowest BCUT2D eigenvalue weighted by molar-refractivity contribution is -0.384. The summed E-state index contributed by atoms with van der Waals surface area (Å²) in [5, 5.41) is 16.5. The minimum Gasteiger partial charge on any atom is -0.465 e. The highest BCUT2D eigenvalue weighted by Gasteiger charge is 2.20. The van der Waals surface area contributed by atoms with Crippen molar-refractivity contribution in [3.63, 3.8) is 0 Å². The van der Waals surface area contributed by atoms with Gasteiger partial charge in [-0.15, -0.1) is 11.3 Å². The first-order valence-electron chi connectivity index (χ1n) is 9.14. The molecule has 1 heterocycles. The number of rotatable bonds is 7. The number of nitrogens with zero attached hydrogens (tertiary/aromatic N) is 2. The van der Waals surface area contributed by atoms with E-state index in [1.165, 1.54) is 11.3 Å². The fourth-order valence-electron chi connectivity index (χ4n) is 2.73. The minimum atomic E-state index is -0.999. The normalized spacial score (nSPS) is 10.3. The molecule has 10 nitrogen and oxygen atoms in total. The number of hydrogen-bond acceptors (Lipinski definition) is 9. The molecule has 1 N–H and O–H groups in total. The maximum Gasteiger partial charge on any atom is 0.338 e. The molecule has 0 fully saturated rings. The van der Waals surface area contributed by atoms with E-state index >= 15 is 0 Å². The Morgan fingerprint density at radius 2 is 1.84 bits per heavy atom. The third kappa shape index (κ3) is 5.52. The van der Waals surface area contributed by atoms with Gasteiger partial charge in [-0.2, -0.15) is 0 Å². The smallest absolute Gasteiger partial charge is 0.338 e. The SMILES string of the molecule is COC(=O)c1cc(C(=O)OCC(=O)Nc2cccc(-c3csc(C)n3)c2)cc([N+](=O)[O-])c1. The van der Waals surface area contributed by atoms with E-state index in [0.717, 1.165) is 41.6 Å². The van der Waals surface area contributed by atoms with Gasteiger partial charge in [-0.05, 0) is 25.1 Å². The summed E-state index contributed by atoms with van der Waals surface area (Å²) in [7, 11) is 1.11. The van der Waals surface area contributed by atoms with Crippen molar-refractivity contribution in [3.05, 3.63) is 74.1 Å². The number of aromatic nitrogens is 1. The number of ether oxygens (including phenoxy) is 2. The molecule has 0 saturated heterocycles. The average Bonchev–Trinajstić information content (AvgIpc) is 3.23. The standard InChI is InChI=1S/C21H17N3O7S/c1-12-22-18(11-32-12)13-4-3-5-16(7-13)23-19(25)10-31-21(27)15-6-14(20(26)30-2)8-17(9-15)24(28)29/h3-9,11H,10H2,1-2H3,(H,23,25). The summed E-state index contributed by atoms with van der Waals surface area (Å²) >= 11 is 1.51. The van der Waals surface area contributed by atoms with Crippen LogP contribution in [0.2, 0.25) is 0 Å². The van der Waals surface area contributed by atoms with Gasteiger partial charge in [0.1, 0.15) is 0 Å². The molecule has 1 aromatic heterocycles. The Bertz CT molecular complexity index is 1210. The molecule has 1 amide bonds. The van der Waals surface area contributed by atoms with Crippen LogP contribution in [-0.4, -0.2) is 41.5 Å². The van der Waals surface area contributed by atoms with Crippen LogP contribution in [0.25, 0.3) is 11.3 Å². The Kier molecular flexibility index (Phi) is 6.90. The average molecular weight is 455 g/mol. The third-order valence-electron chi connectivity index (χ3n) is 4.18. The van der Waals surface area contributed by atoms with E-state index in [0.29, 0.717) is 5.69 Å². The third-order valence-corrected chi connectivity index (χ3v) is 4.95. The highest BCUT2D eigenvalue weighted by molar-refractivity contribution is 7.09. The lowest BCUT2D eigenvalue weighted by atomic mass is 10.1. The van der Waals surface area contributed by atoms with Crippen molar-refractivity contribution in [1.29, 1.82) is 0 Å². The summed E-state index contributed by atoms with van der Waals surface area (Å²) in [6.45, 7) is 1.26. The van der Waals surface area contributed by atoms with Gasteiger partial charge in [0.05, 0.1) is 33.9 Å². The number of methoxy groups -OCH3 is 1. The monoisotopic (exact) mass is 455 g/mol. The number of benzene rings is 2. The Morgan fingerprint density at radius 3 is 2.47 bits per heavy atom. The molecule has 0 aliphatic rings. The van der Waals surface area contributed by atoms with E-state index in [2.05, 4.69) is 15.0 Å². The van der Waals surface area contributed by atoms with Gasteiger partial charge < -0.3 is 14.8 Å². The quantitative estimate of drug-likeness (QED) is 0.324. The number of anilines is 1. The number of aryl methyl sites for hydroxylation is 1. The number of amides is 1. The van der Waals surface area contributed by atoms with E-state index in [1.54, 1.807) is 18.2 Å². The number of nitrogens with one attached hydrogen (secondary N) is 1. The number of thiazole rings is 1. The van der Waals surface area contributed by atoms with Crippen molar-refractivity contribution in [2.45, 2.75) is 6.92 Å². The van der Waals surface area contributed by atoms with Crippen LogP contribution in [0, 0.1) is 17.0 Å².